The summed E-state index contributed by atoms with van der Waals surface area (Å²) in [5.41, 5.74) is 6.10. The number of methoxy groups -OCH3 is 1. The molecule has 0 atom stereocenters. The van der Waals surface area contributed by atoms with Crippen molar-refractivity contribution in [2.75, 3.05) is 19.0 Å². The van der Waals surface area contributed by atoms with Crippen LogP contribution in [0.1, 0.15) is 46.0 Å². The maximum atomic E-state index is 12.1. The molecule has 0 saturated heterocycles. The SMILES string of the molecule is COc1ccc(OC(C)C)c(NC(=O)CCCCCCN)c1. The molecule has 0 aliphatic heterocycles. The summed E-state index contributed by atoms with van der Waals surface area (Å²) in [6.45, 7) is 4.62. The molecule has 0 spiro atoms. The molecular weight excluding hydrogens is 280 g/mol. The van der Waals surface area contributed by atoms with Crippen molar-refractivity contribution in [1.82, 2.24) is 0 Å². The molecule has 0 unspecified atom stereocenters. The van der Waals surface area contributed by atoms with E-state index in [9.17, 15) is 4.79 Å². The van der Waals surface area contributed by atoms with Crippen molar-refractivity contribution in [3.8, 4) is 11.5 Å². The highest BCUT2D eigenvalue weighted by Gasteiger charge is 2.11. The lowest BCUT2D eigenvalue weighted by molar-refractivity contribution is -0.116. The zero-order chi connectivity index (χ0) is 16.4. The van der Waals surface area contributed by atoms with E-state index in [1.54, 1.807) is 13.2 Å². The fourth-order valence-corrected chi connectivity index (χ4v) is 2.09. The van der Waals surface area contributed by atoms with Crippen molar-refractivity contribution in [1.29, 1.82) is 0 Å². The van der Waals surface area contributed by atoms with Gasteiger partial charge in [-0.1, -0.05) is 12.8 Å². The highest BCUT2D eigenvalue weighted by Crippen LogP contribution is 2.30. The molecule has 1 amide bonds. The van der Waals surface area contributed by atoms with E-state index in [-0.39, 0.29) is 12.0 Å². The first-order valence-electron chi connectivity index (χ1n) is 7.91. The number of amides is 1. The second kappa shape index (κ2) is 10.1. The number of ether oxygens (including phenoxy) is 2. The van der Waals surface area contributed by atoms with Gasteiger partial charge in [0.15, 0.2) is 0 Å². The number of benzene rings is 1. The van der Waals surface area contributed by atoms with E-state index in [4.69, 9.17) is 15.2 Å². The largest absolute Gasteiger partial charge is 0.497 e. The third-order valence-corrected chi connectivity index (χ3v) is 3.18. The highest BCUT2D eigenvalue weighted by atomic mass is 16.5. The van der Waals surface area contributed by atoms with Crippen molar-refractivity contribution < 1.29 is 14.3 Å². The Morgan fingerprint density at radius 3 is 2.59 bits per heavy atom. The fourth-order valence-electron chi connectivity index (χ4n) is 2.09. The summed E-state index contributed by atoms with van der Waals surface area (Å²) in [4.78, 5) is 12.1. The normalized spacial score (nSPS) is 10.6. The van der Waals surface area contributed by atoms with Gasteiger partial charge in [-0.15, -0.1) is 0 Å². The minimum Gasteiger partial charge on any atom is -0.497 e. The van der Waals surface area contributed by atoms with Gasteiger partial charge >= 0.3 is 0 Å². The second-order valence-corrected chi connectivity index (χ2v) is 5.53. The maximum Gasteiger partial charge on any atom is 0.224 e. The van der Waals surface area contributed by atoms with Crippen LogP contribution < -0.4 is 20.5 Å². The molecule has 5 nitrogen and oxygen atoms in total. The van der Waals surface area contributed by atoms with Gasteiger partial charge in [0.05, 0.1) is 18.9 Å². The third-order valence-electron chi connectivity index (χ3n) is 3.18. The van der Waals surface area contributed by atoms with Gasteiger partial charge in [0.25, 0.3) is 0 Å². The molecule has 1 rings (SSSR count). The molecule has 0 aliphatic rings. The van der Waals surface area contributed by atoms with Gasteiger partial charge in [0.2, 0.25) is 5.91 Å². The molecule has 0 saturated carbocycles. The summed E-state index contributed by atoms with van der Waals surface area (Å²) < 4.78 is 10.9. The molecule has 124 valence electrons. The topological polar surface area (TPSA) is 73.6 Å². The molecule has 0 fully saturated rings. The van der Waals surface area contributed by atoms with Gasteiger partial charge in [0.1, 0.15) is 11.5 Å². The summed E-state index contributed by atoms with van der Waals surface area (Å²) in [6, 6.07) is 5.42. The number of nitrogens with one attached hydrogen (secondary N) is 1. The average molecular weight is 308 g/mol. The van der Waals surface area contributed by atoms with E-state index in [1.807, 2.05) is 26.0 Å². The zero-order valence-corrected chi connectivity index (χ0v) is 13.9. The third kappa shape index (κ3) is 6.80. The van der Waals surface area contributed by atoms with E-state index < -0.39 is 0 Å². The van der Waals surface area contributed by atoms with Crippen LogP contribution in [0, 0.1) is 0 Å². The van der Waals surface area contributed by atoms with Crippen LogP contribution in [-0.2, 0) is 4.79 Å². The van der Waals surface area contributed by atoms with Gasteiger partial charge in [-0.3, -0.25) is 4.79 Å². The van der Waals surface area contributed by atoms with Crippen LogP contribution in [0.25, 0.3) is 0 Å². The van der Waals surface area contributed by atoms with Crippen molar-refractivity contribution in [3.05, 3.63) is 18.2 Å². The van der Waals surface area contributed by atoms with Crippen molar-refractivity contribution in [3.63, 3.8) is 0 Å². The van der Waals surface area contributed by atoms with E-state index in [0.717, 1.165) is 25.7 Å². The monoisotopic (exact) mass is 308 g/mol. The van der Waals surface area contributed by atoms with Crippen LogP contribution in [0.4, 0.5) is 5.69 Å². The van der Waals surface area contributed by atoms with E-state index in [2.05, 4.69) is 5.32 Å². The number of carbonyl (C=O) groups is 1. The number of nitrogens with two attached hydrogens (primary N) is 1. The molecule has 5 heteroatoms. The van der Waals surface area contributed by atoms with Crippen molar-refractivity contribution in [2.45, 2.75) is 52.1 Å². The molecule has 1 aromatic rings. The number of carbonyl (C=O) groups excluding carboxylic acids is 1. The van der Waals surface area contributed by atoms with Crippen LogP contribution in [0.2, 0.25) is 0 Å². The smallest absolute Gasteiger partial charge is 0.224 e. The summed E-state index contributed by atoms with van der Waals surface area (Å²) in [5.74, 6) is 1.34. The minimum atomic E-state index is -0.00499. The van der Waals surface area contributed by atoms with Crippen LogP contribution >= 0.6 is 0 Å². The second-order valence-electron chi connectivity index (χ2n) is 5.53. The number of hydrogen-bond acceptors (Lipinski definition) is 4. The Kier molecular flexibility index (Phi) is 8.36. The first-order chi connectivity index (χ1) is 10.6. The molecular formula is C17H28N2O3. The van der Waals surface area contributed by atoms with Crippen LogP contribution in [-0.4, -0.2) is 25.7 Å². The molecule has 0 aliphatic carbocycles. The Labute approximate surface area is 133 Å². The van der Waals surface area contributed by atoms with Gasteiger partial charge in [-0.2, -0.15) is 0 Å². The quantitative estimate of drug-likeness (QED) is 0.650. The number of unbranched alkanes of at least 4 members (excludes halogenated alkanes) is 3. The maximum absolute atomic E-state index is 12.1. The predicted octanol–water partition coefficient (Wildman–Crippen LogP) is 3.33. The molecule has 0 bridgehead atoms. The highest BCUT2D eigenvalue weighted by molar-refractivity contribution is 5.92. The van der Waals surface area contributed by atoms with Crippen LogP contribution in [0.3, 0.4) is 0 Å². The van der Waals surface area contributed by atoms with Gasteiger partial charge < -0.3 is 20.5 Å². The fraction of sp³-hybridized carbons (Fsp3) is 0.588. The molecule has 3 N–H and O–H groups in total. The van der Waals surface area contributed by atoms with E-state index in [0.29, 0.717) is 30.2 Å². The lowest BCUT2D eigenvalue weighted by Crippen LogP contribution is -2.14. The Morgan fingerprint density at radius 1 is 1.23 bits per heavy atom. The van der Waals surface area contributed by atoms with Gasteiger partial charge in [-0.25, -0.2) is 0 Å². The number of hydrogen-bond donors (Lipinski definition) is 2. The van der Waals surface area contributed by atoms with Gasteiger partial charge in [0, 0.05) is 12.5 Å². The molecule has 0 aromatic heterocycles. The van der Waals surface area contributed by atoms with Gasteiger partial charge in [-0.05, 0) is 45.4 Å². The van der Waals surface area contributed by atoms with Crippen molar-refractivity contribution in [2.24, 2.45) is 5.73 Å². The first-order valence-corrected chi connectivity index (χ1v) is 7.91. The van der Waals surface area contributed by atoms with E-state index >= 15 is 0 Å². The number of anilines is 1. The lowest BCUT2D eigenvalue weighted by Gasteiger charge is -2.16. The predicted molar refractivity (Wildman–Crippen MR) is 89.5 cm³/mol. The van der Waals surface area contributed by atoms with Crippen molar-refractivity contribution >= 4 is 11.6 Å². The molecule has 22 heavy (non-hydrogen) atoms. The summed E-state index contributed by atoms with van der Waals surface area (Å²) in [5, 5.41) is 2.91. The Morgan fingerprint density at radius 2 is 1.95 bits per heavy atom. The Balaban J connectivity index is 2.59. The molecule has 1 aromatic carbocycles. The Bertz CT molecular complexity index is 461. The zero-order valence-electron chi connectivity index (χ0n) is 13.9. The summed E-state index contributed by atoms with van der Waals surface area (Å²) in [7, 11) is 1.60. The lowest BCUT2D eigenvalue weighted by atomic mass is 10.1. The summed E-state index contributed by atoms with van der Waals surface area (Å²) in [6.07, 6.45) is 4.53. The summed E-state index contributed by atoms with van der Waals surface area (Å²) >= 11 is 0. The Hall–Kier alpha value is -1.75. The van der Waals surface area contributed by atoms with E-state index in [1.165, 1.54) is 0 Å². The van der Waals surface area contributed by atoms with Crippen LogP contribution in [0.15, 0.2) is 18.2 Å². The molecule has 0 heterocycles. The minimum absolute atomic E-state index is 0.00499. The standard InChI is InChI=1S/C17H28N2O3/c1-13(2)22-16-10-9-14(21-3)12-15(16)19-17(20)8-6-4-5-7-11-18/h9-10,12-13H,4-8,11,18H2,1-3H3,(H,19,20). The average Bonchev–Trinajstić information content (AvgIpc) is 2.48. The molecule has 0 radical (unpaired) electrons. The van der Waals surface area contributed by atoms with Crippen LogP contribution in [0.5, 0.6) is 11.5 Å². The first kappa shape index (κ1) is 18.3. The number of rotatable bonds is 10.